The molecule has 0 bridgehead atoms. The fourth-order valence-electron chi connectivity index (χ4n) is 17.1. The zero-order valence-electron chi connectivity index (χ0n) is 75.2. The van der Waals surface area contributed by atoms with E-state index in [1.54, 1.807) is 117 Å². The first kappa shape index (κ1) is 101. The third kappa shape index (κ3) is 24.5. The fourth-order valence-corrected chi connectivity index (χ4v) is 23.5. The summed E-state index contributed by atoms with van der Waals surface area (Å²) in [5, 5.41) is 2.63. The summed E-state index contributed by atoms with van der Waals surface area (Å²) in [7, 11) is 0. The Bertz CT molecular complexity index is 5110. The van der Waals surface area contributed by atoms with Crippen molar-refractivity contribution in [2.24, 2.45) is 43.6 Å². The number of ketones is 4. The highest BCUT2D eigenvalue weighted by Gasteiger charge is 2.58. The molecule has 4 amide bonds. The summed E-state index contributed by atoms with van der Waals surface area (Å²) in [6, 6.07) is 55.5. The van der Waals surface area contributed by atoms with Gasteiger partial charge in [0.1, 0.15) is 67.8 Å². The predicted molar refractivity (Wildman–Crippen MR) is 529 cm³/mol. The predicted octanol–water partition coefficient (Wildman–Crippen LogP) is 24.3. The second-order valence-electron chi connectivity index (χ2n) is 37.6. The molecule has 16 rings (SSSR count). The molecule has 32 heteroatoms. The van der Waals surface area contributed by atoms with Gasteiger partial charge in [0.2, 0.25) is 0 Å². The lowest BCUT2D eigenvalue weighted by Crippen LogP contribution is -2.40. The number of fused-ring (bicyclic) bond motifs is 4. The normalized spacial score (nSPS) is 22.5. The van der Waals surface area contributed by atoms with Crippen LogP contribution < -0.4 is 0 Å². The Labute approximate surface area is 818 Å². The summed E-state index contributed by atoms with van der Waals surface area (Å²) in [6.07, 6.45) is -1.17. The SMILES string of the molecule is CC(C)(C)OC(=O)N1C[C@@H]2CSC(CC(=O)c3ccccc3)=N[C@]2(c2cc(Br)ccc2F)C1.CC(C)(C)OC(=O)N1C[C@@H]2CSC(CC(=O)c3ccccc3)=N[C@]2(c2cc(Br)ccc2F)C1.CC(C)(C)OC(=O)N1C[C@H]2CSC(CC(=O)c3ccccc3)=N[C@@]2(c2cc(Br)ccc2F)C1.CC(C)(C)OC(=O)N1C[C@H]2CSC(CC(=O)c3ccccc3)=N[C@@]2(c2cc(Br)ccc2F)C1. The highest BCUT2D eigenvalue weighted by molar-refractivity contribution is 9.11. The first-order chi connectivity index (χ1) is 62.3. The number of amides is 4. The molecule has 8 aromatic rings. The van der Waals surface area contributed by atoms with Crippen molar-refractivity contribution in [3.8, 4) is 0 Å². The van der Waals surface area contributed by atoms with Crippen molar-refractivity contribution in [3.63, 3.8) is 0 Å². The van der Waals surface area contributed by atoms with E-state index < -0.39 is 68.9 Å². The molecule has 8 aliphatic heterocycles. The summed E-state index contributed by atoms with van der Waals surface area (Å²) < 4.78 is 85.9. The summed E-state index contributed by atoms with van der Waals surface area (Å²) in [5.74, 6) is 0.470. The van der Waals surface area contributed by atoms with Gasteiger partial charge in [-0.05, 0) is 156 Å². The molecule has 4 saturated heterocycles. The number of carbonyl (C=O) groups excluding carboxylic acids is 8. The van der Waals surface area contributed by atoms with Gasteiger partial charge in [0.15, 0.2) is 23.1 Å². The van der Waals surface area contributed by atoms with Gasteiger partial charge in [-0.2, -0.15) is 0 Å². The average molecular weight is 2130 g/mol. The number of halogens is 8. The number of thioether (sulfide) groups is 4. The van der Waals surface area contributed by atoms with Crippen LogP contribution in [0.4, 0.5) is 36.7 Å². The van der Waals surface area contributed by atoms with Crippen LogP contribution in [0.3, 0.4) is 0 Å². The van der Waals surface area contributed by atoms with Gasteiger partial charge in [0.25, 0.3) is 0 Å². The number of benzene rings is 8. The Balaban J connectivity index is 0.000000150. The quantitative estimate of drug-likeness (QED) is 0.0497. The Morgan fingerprint density at radius 3 is 0.667 bits per heavy atom. The van der Waals surface area contributed by atoms with E-state index in [1.807, 2.05) is 156 Å². The largest absolute Gasteiger partial charge is 0.444 e. The number of Topliss-reactive ketones (excluding diaryl/α,β-unsaturated/α-hetero) is 4. The summed E-state index contributed by atoms with van der Waals surface area (Å²) >= 11 is 19.8. The Morgan fingerprint density at radius 2 is 0.492 bits per heavy atom. The van der Waals surface area contributed by atoms with E-state index in [-0.39, 0.29) is 122 Å². The molecule has 8 aromatic carbocycles. The Morgan fingerprint density at radius 1 is 0.311 bits per heavy atom. The minimum atomic E-state index is -0.970. The maximum atomic E-state index is 15.1. The first-order valence-electron chi connectivity index (χ1n) is 43.2. The van der Waals surface area contributed by atoms with E-state index in [0.717, 1.165) is 17.9 Å². The van der Waals surface area contributed by atoms with Gasteiger partial charge in [0.05, 0.1) is 72.0 Å². The second kappa shape index (κ2) is 41.8. The van der Waals surface area contributed by atoms with Crippen LogP contribution in [-0.4, -0.2) is 185 Å². The van der Waals surface area contributed by atoms with E-state index in [9.17, 15) is 38.4 Å². The molecule has 8 heterocycles. The van der Waals surface area contributed by atoms with Crippen molar-refractivity contribution in [1.82, 2.24) is 19.6 Å². The van der Waals surface area contributed by atoms with E-state index in [0.29, 0.717) is 114 Å². The molecule has 4 fully saturated rings. The van der Waals surface area contributed by atoms with Crippen LogP contribution in [0.2, 0.25) is 0 Å². The zero-order chi connectivity index (χ0) is 95.2. The van der Waals surface area contributed by atoms with Gasteiger partial charge in [-0.3, -0.25) is 39.1 Å². The standard InChI is InChI=1S/4C25H26BrFN2O3S/c4*1-24(2,3)32-23(31)29-13-17-14-33-22(12-21(30)16-7-5-4-6-8-16)28-25(17,15-29)19-11-18(26)9-10-20(19)27/h4*4-11,17H,12-15H2,1-3H3/t4*17-,25-/m1100/s1. The fraction of sp³-hybridized carbons (Fsp3) is 0.400. The minimum Gasteiger partial charge on any atom is -0.444 e. The van der Waals surface area contributed by atoms with Crippen LogP contribution in [-0.2, 0) is 41.1 Å². The molecule has 20 nitrogen and oxygen atoms in total. The number of rotatable bonds is 16. The average Bonchev–Trinajstić information content (AvgIpc) is 1.58. The molecule has 0 spiro atoms. The van der Waals surface area contributed by atoms with Crippen molar-refractivity contribution in [3.05, 3.63) is 280 Å². The molecule has 0 radical (unpaired) electrons. The second-order valence-corrected chi connectivity index (χ2v) is 45.6. The summed E-state index contributed by atoms with van der Waals surface area (Å²) in [6.45, 7) is 24.3. The molecule has 8 atom stereocenters. The van der Waals surface area contributed by atoms with Crippen molar-refractivity contribution in [2.45, 2.75) is 153 Å². The van der Waals surface area contributed by atoms with Crippen LogP contribution in [0.25, 0.3) is 0 Å². The maximum absolute atomic E-state index is 15.1. The lowest BCUT2D eigenvalue weighted by Gasteiger charge is -2.36. The number of nitrogens with zero attached hydrogens (tertiary/aromatic N) is 8. The Kier molecular flexibility index (Phi) is 31.9. The van der Waals surface area contributed by atoms with Gasteiger partial charge in [-0.15, -0.1) is 47.0 Å². The van der Waals surface area contributed by atoms with Crippen molar-refractivity contribution >= 4 is 178 Å². The van der Waals surface area contributed by atoms with E-state index in [1.165, 1.54) is 71.3 Å². The third-order valence-electron chi connectivity index (χ3n) is 23.1. The van der Waals surface area contributed by atoms with E-state index in [2.05, 4.69) is 63.7 Å². The highest BCUT2D eigenvalue weighted by atomic mass is 79.9. The van der Waals surface area contributed by atoms with Crippen molar-refractivity contribution < 1.29 is 74.9 Å². The van der Waals surface area contributed by atoms with Gasteiger partial charge in [-0.25, -0.2) is 36.7 Å². The van der Waals surface area contributed by atoms with Crippen LogP contribution in [0.5, 0.6) is 0 Å². The lowest BCUT2D eigenvalue weighted by atomic mass is 9.81. The van der Waals surface area contributed by atoms with Crippen molar-refractivity contribution in [1.29, 1.82) is 0 Å². The van der Waals surface area contributed by atoms with Gasteiger partial charge in [0, 0.05) is 135 Å². The van der Waals surface area contributed by atoms with E-state index >= 15 is 17.6 Å². The monoisotopic (exact) mass is 2130 g/mol. The summed E-state index contributed by atoms with van der Waals surface area (Å²) in [5.41, 5.74) is -2.23. The number of likely N-dealkylation sites (tertiary alicyclic amines) is 4. The molecular formula is C100H104Br4F4N8O12S4. The number of ether oxygens (including phenoxy) is 4. The smallest absolute Gasteiger partial charge is 0.410 e. The number of aliphatic imine (C=N–C) groups is 4. The summed E-state index contributed by atoms with van der Waals surface area (Å²) in [4.78, 5) is 129. The van der Waals surface area contributed by atoms with Crippen LogP contribution in [0, 0.1) is 46.9 Å². The molecule has 8 aliphatic rings. The van der Waals surface area contributed by atoms with Gasteiger partial charge in [-0.1, -0.05) is 185 Å². The van der Waals surface area contributed by atoms with Crippen LogP contribution in [0.15, 0.2) is 232 Å². The molecule has 0 unspecified atom stereocenters. The van der Waals surface area contributed by atoms with Gasteiger partial charge < -0.3 is 38.5 Å². The molecular weight excluding hydrogens is 2030 g/mol. The highest BCUT2D eigenvalue weighted by Crippen LogP contribution is 2.53. The van der Waals surface area contributed by atoms with Crippen LogP contribution in [0.1, 0.15) is 172 Å². The van der Waals surface area contributed by atoms with Crippen molar-refractivity contribution in [2.75, 3.05) is 75.4 Å². The zero-order valence-corrected chi connectivity index (χ0v) is 84.8. The molecule has 696 valence electrons. The molecule has 0 N–H and O–H groups in total. The Hall–Kier alpha value is -8.76. The first-order valence-corrected chi connectivity index (χ1v) is 50.3. The topological polar surface area (TPSA) is 236 Å². The molecule has 0 aromatic heterocycles. The van der Waals surface area contributed by atoms with Gasteiger partial charge >= 0.3 is 24.4 Å². The third-order valence-corrected chi connectivity index (χ3v) is 29.6. The van der Waals surface area contributed by atoms with Crippen LogP contribution >= 0.6 is 111 Å². The number of hydrogen-bond donors (Lipinski definition) is 0. The molecule has 132 heavy (non-hydrogen) atoms. The van der Waals surface area contributed by atoms with E-state index in [4.69, 9.17) is 38.9 Å². The number of hydrogen-bond acceptors (Lipinski definition) is 20. The maximum Gasteiger partial charge on any atom is 0.410 e. The molecule has 0 aliphatic carbocycles. The molecule has 0 saturated carbocycles. The minimum absolute atomic E-state index is 0.0350. The number of carbonyl (C=O) groups is 8. The lowest BCUT2D eigenvalue weighted by molar-refractivity contribution is 0.0272.